The molecule has 0 saturated carbocycles. The smallest absolute Gasteiger partial charge is 0.191 e. The minimum atomic E-state index is 0. The van der Waals surface area contributed by atoms with E-state index in [-0.39, 0.29) is 24.0 Å². The van der Waals surface area contributed by atoms with Gasteiger partial charge in [0.25, 0.3) is 0 Å². The maximum Gasteiger partial charge on any atom is 0.191 e. The molecule has 1 saturated heterocycles. The van der Waals surface area contributed by atoms with Crippen LogP contribution in [0.2, 0.25) is 0 Å². The number of unbranched alkanes of at least 4 members (excludes halogenated alkanes) is 1. The van der Waals surface area contributed by atoms with Crippen molar-refractivity contribution in [3.63, 3.8) is 0 Å². The summed E-state index contributed by atoms with van der Waals surface area (Å²) in [5, 5.41) is 6.76. The molecule has 1 aliphatic rings. The molecular weight excluding hydrogens is 439 g/mol. The van der Waals surface area contributed by atoms with E-state index in [4.69, 9.17) is 4.74 Å². The number of benzene rings is 1. The van der Waals surface area contributed by atoms with Crippen molar-refractivity contribution in [1.82, 2.24) is 15.5 Å². The normalized spacial score (nSPS) is 18.1. The van der Waals surface area contributed by atoms with Crippen LogP contribution >= 0.6 is 24.0 Å². The molecule has 1 aromatic carbocycles. The van der Waals surface area contributed by atoms with Crippen molar-refractivity contribution in [3.8, 4) is 5.75 Å². The predicted molar refractivity (Wildman–Crippen MR) is 121 cm³/mol. The molecular formula is C20H35IN4O. The summed E-state index contributed by atoms with van der Waals surface area (Å²) in [6, 6.07) is 8.10. The molecule has 0 aliphatic carbocycles. The van der Waals surface area contributed by atoms with E-state index in [1.54, 1.807) is 7.11 Å². The van der Waals surface area contributed by atoms with Crippen LogP contribution in [0.1, 0.15) is 38.2 Å². The topological polar surface area (TPSA) is 48.9 Å². The number of methoxy groups -OCH3 is 1. The largest absolute Gasteiger partial charge is 0.497 e. The number of rotatable bonds is 8. The number of aliphatic imine (C=N–C) groups is 1. The summed E-state index contributed by atoms with van der Waals surface area (Å²) >= 11 is 0. The molecule has 0 amide bonds. The number of nitrogens with one attached hydrogen (secondary N) is 2. The molecule has 1 atom stereocenters. The lowest BCUT2D eigenvalue weighted by Crippen LogP contribution is -2.38. The lowest BCUT2D eigenvalue weighted by Gasteiger charge is -2.30. The van der Waals surface area contributed by atoms with Gasteiger partial charge in [-0.15, -0.1) is 24.0 Å². The third-order valence-electron chi connectivity index (χ3n) is 4.78. The highest BCUT2D eigenvalue weighted by molar-refractivity contribution is 14.0. The zero-order valence-electron chi connectivity index (χ0n) is 16.5. The highest BCUT2D eigenvalue weighted by Crippen LogP contribution is 2.15. The highest BCUT2D eigenvalue weighted by atomic mass is 127. The predicted octanol–water partition coefficient (Wildman–Crippen LogP) is 3.49. The Morgan fingerprint density at radius 2 is 2.00 bits per heavy atom. The molecule has 0 spiro atoms. The van der Waals surface area contributed by atoms with Gasteiger partial charge in [-0.1, -0.05) is 19.1 Å². The molecule has 6 heteroatoms. The van der Waals surface area contributed by atoms with Crippen molar-refractivity contribution in [2.24, 2.45) is 10.9 Å². The van der Waals surface area contributed by atoms with E-state index in [9.17, 15) is 0 Å². The maximum absolute atomic E-state index is 5.18. The van der Waals surface area contributed by atoms with Crippen LogP contribution in [-0.4, -0.2) is 51.2 Å². The molecule has 1 heterocycles. The number of nitrogens with zero attached hydrogens (tertiary/aromatic N) is 2. The summed E-state index contributed by atoms with van der Waals surface area (Å²) in [5.74, 6) is 2.62. The minimum absolute atomic E-state index is 0. The Labute approximate surface area is 176 Å². The number of piperidine rings is 1. The fourth-order valence-corrected chi connectivity index (χ4v) is 3.31. The average molecular weight is 474 g/mol. The van der Waals surface area contributed by atoms with E-state index >= 15 is 0 Å². The van der Waals surface area contributed by atoms with Crippen molar-refractivity contribution < 1.29 is 4.74 Å². The zero-order chi connectivity index (χ0) is 17.9. The van der Waals surface area contributed by atoms with E-state index in [0.29, 0.717) is 0 Å². The monoisotopic (exact) mass is 474 g/mol. The van der Waals surface area contributed by atoms with Gasteiger partial charge in [0.05, 0.1) is 7.11 Å². The Kier molecular flexibility index (Phi) is 11.7. The summed E-state index contributed by atoms with van der Waals surface area (Å²) in [6.45, 7) is 7.87. The van der Waals surface area contributed by atoms with Crippen LogP contribution in [0.25, 0.3) is 0 Å². The Hall–Kier alpha value is -1.02. The molecule has 5 nitrogen and oxygen atoms in total. The van der Waals surface area contributed by atoms with Crippen LogP contribution < -0.4 is 15.4 Å². The molecule has 1 unspecified atom stereocenters. The summed E-state index contributed by atoms with van der Waals surface area (Å²) < 4.78 is 5.18. The Balaban J connectivity index is 0.00000338. The second-order valence-corrected chi connectivity index (χ2v) is 6.96. The fraction of sp³-hybridized carbons (Fsp3) is 0.650. The highest BCUT2D eigenvalue weighted by Gasteiger charge is 2.15. The van der Waals surface area contributed by atoms with E-state index < -0.39 is 0 Å². The van der Waals surface area contributed by atoms with E-state index in [1.165, 1.54) is 50.9 Å². The van der Waals surface area contributed by atoms with Crippen molar-refractivity contribution in [2.75, 3.05) is 40.3 Å². The molecule has 1 aromatic rings. The molecule has 1 fully saturated rings. The van der Waals surface area contributed by atoms with Gasteiger partial charge in [-0.3, -0.25) is 4.99 Å². The Morgan fingerprint density at radius 3 is 2.65 bits per heavy atom. The number of hydrogen-bond donors (Lipinski definition) is 2. The zero-order valence-corrected chi connectivity index (χ0v) is 18.8. The number of ether oxygens (including phenoxy) is 1. The number of likely N-dealkylation sites (tertiary alicyclic amines) is 1. The molecule has 2 N–H and O–H groups in total. The molecule has 148 valence electrons. The quantitative estimate of drug-likeness (QED) is 0.262. The van der Waals surface area contributed by atoms with Crippen molar-refractivity contribution in [1.29, 1.82) is 0 Å². The molecule has 1 aliphatic heterocycles. The lowest BCUT2D eigenvalue weighted by atomic mass is 10.0. The van der Waals surface area contributed by atoms with Gasteiger partial charge >= 0.3 is 0 Å². The standard InChI is InChI=1S/C20H34N4O.HI/c1-17-7-6-14-24(16-17)13-5-4-12-22-20(21-2)23-15-18-8-10-19(25-3)11-9-18;/h8-11,17H,4-7,12-16H2,1-3H3,(H2,21,22,23);1H. The molecule has 26 heavy (non-hydrogen) atoms. The summed E-state index contributed by atoms with van der Waals surface area (Å²) in [4.78, 5) is 6.91. The van der Waals surface area contributed by atoms with E-state index in [0.717, 1.165) is 30.7 Å². The first-order chi connectivity index (χ1) is 12.2. The number of halogens is 1. The van der Waals surface area contributed by atoms with Gasteiger partial charge in [0.1, 0.15) is 5.75 Å². The van der Waals surface area contributed by atoms with Crippen LogP contribution in [-0.2, 0) is 6.54 Å². The van der Waals surface area contributed by atoms with Gasteiger partial charge in [-0.2, -0.15) is 0 Å². The van der Waals surface area contributed by atoms with Gasteiger partial charge in [-0.05, 0) is 62.4 Å². The van der Waals surface area contributed by atoms with Crippen molar-refractivity contribution in [2.45, 2.75) is 39.2 Å². The average Bonchev–Trinajstić information content (AvgIpc) is 2.64. The first-order valence-corrected chi connectivity index (χ1v) is 9.51. The van der Waals surface area contributed by atoms with E-state index in [2.05, 4.69) is 39.6 Å². The first kappa shape index (κ1) is 23.0. The van der Waals surface area contributed by atoms with Crippen LogP contribution in [0.3, 0.4) is 0 Å². The molecule has 2 rings (SSSR count). The van der Waals surface area contributed by atoms with Gasteiger partial charge in [0, 0.05) is 26.7 Å². The van der Waals surface area contributed by atoms with Gasteiger partial charge < -0.3 is 20.3 Å². The number of hydrogen-bond acceptors (Lipinski definition) is 3. The second-order valence-electron chi connectivity index (χ2n) is 6.96. The second kappa shape index (κ2) is 13.2. The van der Waals surface area contributed by atoms with Crippen LogP contribution in [0, 0.1) is 5.92 Å². The fourth-order valence-electron chi connectivity index (χ4n) is 3.31. The molecule has 0 radical (unpaired) electrons. The third kappa shape index (κ3) is 8.58. The summed E-state index contributed by atoms with van der Waals surface area (Å²) in [7, 11) is 3.50. The molecule has 0 aromatic heterocycles. The Morgan fingerprint density at radius 1 is 1.23 bits per heavy atom. The SMILES string of the molecule is CN=C(NCCCCN1CCCC(C)C1)NCc1ccc(OC)cc1.I. The lowest BCUT2D eigenvalue weighted by molar-refractivity contribution is 0.181. The first-order valence-electron chi connectivity index (χ1n) is 9.51. The Bertz CT molecular complexity index is 521. The van der Waals surface area contributed by atoms with E-state index in [1.807, 2.05) is 19.2 Å². The van der Waals surface area contributed by atoms with Crippen LogP contribution in [0.15, 0.2) is 29.3 Å². The van der Waals surface area contributed by atoms with Gasteiger partial charge in [0.15, 0.2) is 5.96 Å². The van der Waals surface area contributed by atoms with Crippen LogP contribution in [0.4, 0.5) is 0 Å². The molecule has 0 bridgehead atoms. The minimum Gasteiger partial charge on any atom is -0.497 e. The van der Waals surface area contributed by atoms with Gasteiger partial charge in [-0.25, -0.2) is 0 Å². The summed E-state index contributed by atoms with van der Waals surface area (Å²) in [5.41, 5.74) is 1.21. The van der Waals surface area contributed by atoms with Crippen molar-refractivity contribution >= 4 is 29.9 Å². The maximum atomic E-state index is 5.18. The third-order valence-corrected chi connectivity index (χ3v) is 4.78. The van der Waals surface area contributed by atoms with Crippen molar-refractivity contribution in [3.05, 3.63) is 29.8 Å². The van der Waals surface area contributed by atoms with Gasteiger partial charge in [0.2, 0.25) is 0 Å². The summed E-state index contributed by atoms with van der Waals surface area (Å²) in [6.07, 6.45) is 5.18. The van der Waals surface area contributed by atoms with Crippen LogP contribution in [0.5, 0.6) is 5.75 Å². The number of guanidine groups is 1.